The first-order chi connectivity index (χ1) is 9.97. The van der Waals surface area contributed by atoms with Crippen molar-refractivity contribution in [2.24, 2.45) is 5.92 Å². The Bertz CT molecular complexity index is 620. The fourth-order valence-electron chi connectivity index (χ4n) is 1.77. The van der Waals surface area contributed by atoms with Crippen molar-refractivity contribution in [1.29, 1.82) is 0 Å². The molecule has 0 saturated carbocycles. The largest absolute Gasteiger partial charge is 0.461 e. The molecule has 2 rings (SSSR count). The topological polar surface area (TPSA) is 57.0 Å². The molecule has 21 heavy (non-hydrogen) atoms. The average molecular weight is 308 g/mol. The minimum absolute atomic E-state index is 0.268. The summed E-state index contributed by atoms with van der Waals surface area (Å²) in [5.41, 5.74) is 2.00. The van der Waals surface area contributed by atoms with Gasteiger partial charge in [0.25, 0.3) is 0 Å². The number of nitrogens with zero attached hydrogens (tertiary/aromatic N) is 3. The van der Waals surface area contributed by atoms with Gasteiger partial charge >= 0.3 is 5.97 Å². The van der Waals surface area contributed by atoms with E-state index in [1.807, 2.05) is 45.0 Å². The minimum atomic E-state index is -0.427. The summed E-state index contributed by atoms with van der Waals surface area (Å²) in [6, 6.07) is 7.47. The van der Waals surface area contributed by atoms with Crippen molar-refractivity contribution in [2.75, 3.05) is 6.61 Å². The molecule has 0 aliphatic rings. The molecular formula is C15H18ClN3O2. The van der Waals surface area contributed by atoms with E-state index in [1.54, 1.807) is 4.68 Å². The van der Waals surface area contributed by atoms with E-state index in [4.69, 9.17) is 16.3 Å². The number of hydrogen-bond donors (Lipinski definition) is 0. The van der Waals surface area contributed by atoms with E-state index in [2.05, 4.69) is 10.3 Å². The Morgan fingerprint density at radius 3 is 2.62 bits per heavy atom. The van der Waals surface area contributed by atoms with Crippen LogP contribution in [0.2, 0.25) is 5.02 Å². The Hall–Kier alpha value is -1.88. The zero-order valence-corrected chi connectivity index (χ0v) is 13.1. The van der Waals surface area contributed by atoms with Crippen LogP contribution in [0.3, 0.4) is 0 Å². The number of aromatic nitrogens is 3. The molecule has 2 aromatic rings. The van der Waals surface area contributed by atoms with E-state index < -0.39 is 5.97 Å². The number of rotatable bonds is 5. The fourth-order valence-corrected chi connectivity index (χ4v) is 1.90. The van der Waals surface area contributed by atoms with Crippen LogP contribution in [0.5, 0.6) is 0 Å². The lowest BCUT2D eigenvalue weighted by Gasteiger charge is -2.06. The van der Waals surface area contributed by atoms with E-state index >= 15 is 0 Å². The Kier molecular flexibility index (Phi) is 4.96. The van der Waals surface area contributed by atoms with Gasteiger partial charge in [0.05, 0.1) is 18.8 Å². The summed E-state index contributed by atoms with van der Waals surface area (Å²) in [5.74, 6) is -0.137. The molecule has 0 fully saturated rings. The van der Waals surface area contributed by atoms with Crippen molar-refractivity contribution in [3.8, 4) is 0 Å². The maximum atomic E-state index is 11.9. The summed E-state index contributed by atoms with van der Waals surface area (Å²) < 4.78 is 6.85. The molecule has 0 aliphatic heterocycles. The number of benzene rings is 1. The van der Waals surface area contributed by atoms with Crippen LogP contribution in [0.4, 0.5) is 0 Å². The molecule has 0 bridgehead atoms. The molecule has 0 unspecified atom stereocenters. The van der Waals surface area contributed by atoms with E-state index in [1.165, 1.54) is 0 Å². The predicted octanol–water partition coefficient (Wildman–Crippen LogP) is 3.10. The van der Waals surface area contributed by atoms with Crippen molar-refractivity contribution in [1.82, 2.24) is 15.0 Å². The molecule has 0 radical (unpaired) electrons. The van der Waals surface area contributed by atoms with Crippen LogP contribution in [0.25, 0.3) is 0 Å². The molecule has 1 aromatic carbocycles. The van der Waals surface area contributed by atoms with Crippen LogP contribution in [-0.2, 0) is 11.3 Å². The van der Waals surface area contributed by atoms with E-state index in [0.29, 0.717) is 29.8 Å². The molecule has 6 heteroatoms. The van der Waals surface area contributed by atoms with Crippen LogP contribution in [0.15, 0.2) is 24.3 Å². The normalized spacial score (nSPS) is 10.9. The van der Waals surface area contributed by atoms with E-state index in [0.717, 1.165) is 5.56 Å². The summed E-state index contributed by atoms with van der Waals surface area (Å²) in [6.45, 7) is 6.69. The molecule has 0 amide bonds. The lowest BCUT2D eigenvalue weighted by Crippen LogP contribution is -2.12. The second-order valence-corrected chi connectivity index (χ2v) is 5.74. The van der Waals surface area contributed by atoms with Gasteiger partial charge in [-0.3, -0.25) is 0 Å². The van der Waals surface area contributed by atoms with Gasteiger partial charge in [0.2, 0.25) is 0 Å². The summed E-state index contributed by atoms with van der Waals surface area (Å²) in [5, 5.41) is 8.62. The molecule has 0 atom stereocenters. The molecule has 1 aromatic heterocycles. The van der Waals surface area contributed by atoms with E-state index in [9.17, 15) is 4.79 Å². The van der Waals surface area contributed by atoms with Gasteiger partial charge in [-0.2, -0.15) is 0 Å². The fraction of sp³-hybridized carbons (Fsp3) is 0.400. The van der Waals surface area contributed by atoms with Crippen molar-refractivity contribution in [2.45, 2.75) is 27.3 Å². The highest BCUT2D eigenvalue weighted by Crippen LogP contribution is 2.13. The van der Waals surface area contributed by atoms with E-state index in [-0.39, 0.29) is 5.69 Å². The predicted molar refractivity (Wildman–Crippen MR) is 80.4 cm³/mol. The molecule has 112 valence electrons. The van der Waals surface area contributed by atoms with Gasteiger partial charge in [0.15, 0.2) is 5.69 Å². The van der Waals surface area contributed by atoms with Crippen LogP contribution in [0, 0.1) is 12.8 Å². The molecule has 0 aliphatic carbocycles. The van der Waals surface area contributed by atoms with Crippen molar-refractivity contribution >= 4 is 17.6 Å². The van der Waals surface area contributed by atoms with Crippen LogP contribution in [0.1, 0.15) is 35.6 Å². The maximum Gasteiger partial charge on any atom is 0.360 e. The first kappa shape index (κ1) is 15.5. The van der Waals surface area contributed by atoms with Crippen LogP contribution < -0.4 is 0 Å². The van der Waals surface area contributed by atoms with Gasteiger partial charge in [-0.05, 0) is 30.5 Å². The van der Waals surface area contributed by atoms with Crippen molar-refractivity contribution in [3.63, 3.8) is 0 Å². The quantitative estimate of drug-likeness (QED) is 0.796. The third-order valence-corrected chi connectivity index (χ3v) is 3.22. The van der Waals surface area contributed by atoms with Gasteiger partial charge in [-0.25, -0.2) is 9.48 Å². The number of hydrogen-bond acceptors (Lipinski definition) is 4. The summed E-state index contributed by atoms with van der Waals surface area (Å²) in [6.07, 6.45) is 0. The smallest absolute Gasteiger partial charge is 0.360 e. The molecular weight excluding hydrogens is 290 g/mol. The molecule has 5 nitrogen and oxygen atoms in total. The van der Waals surface area contributed by atoms with Gasteiger partial charge < -0.3 is 4.74 Å². The zero-order valence-electron chi connectivity index (χ0n) is 12.3. The average Bonchev–Trinajstić information content (AvgIpc) is 2.80. The Balaban J connectivity index is 2.09. The first-order valence-electron chi connectivity index (χ1n) is 6.79. The molecule has 1 heterocycles. The number of esters is 1. The lowest BCUT2D eigenvalue weighted by molar-refractivity contribution is 0.0451. The molecule has 0 spiro atoms. The second-order valence-electron chi connectivity index (χ2n) is 5.30. The van der Waals surface area contributed by atoms with Crippen LogP contribution >= 0.6 is 11.6 Å². The lowest BCUT2D eigenvalue weighted by atomic mass is 10.2. The Labute approximate surface area is 128 Å². The summed E-state index contributed by atoms with van der Waals surface area (Å²) >= 11 is 5.86. The highest BCUT2D eigenvalue weighted by atomic mass is 35.5. The highest BCUT2D eigenvalue weighted by Gasteiger charge is 2.18. The number of carbonyl (C=O) groups excluding carboxylic acids is 1. The number of carbonyl (C=O) groups is 1. The van der Waals surface area contributed by atoms with Gasteiger partial charge in [-0.1, -0.05) is 42.8 Å². The second kappa shape index (κ2) is 6.72. The number of halogens is 1. The monoisotopic (exact) mass is 307 g/mol. The standard InChI is InChI=1S/C15H18ClN3O2/c1-10(2)9-21-15(20)14-11(3)19(18-17-14)8-12-4-6-13(16)7-5-12/h4-7,10H,8-9H2,1-3H3. The third-order valence-electron chi connectivity index (χ3n) is 2.97. The SMILES string of the molecule is Cc1c(C(=O)OCC(C)C)nnn1Cc1ccc(Cl)cc1. The Morgan fingerprint density at radius 1 is 1.33 bits per heavy atom. The first-order valence-corrected chi connectivity index (χ1v) is 7.17. The highest BCUT2D eigenvalue weighted by molar-refractivity contribution is 6.30. The van der Waals surface area contributed by atoms with Crippen LogP contribution in [-0.4, -0.2) is 27.6 Å². The molecule has 0 N–H and O–H groups in total. The summed E-state index contributed by atoms with van der Waals surface area (Å²) in [7, 11) is 0. The third kappa shape index (κ3) is 4.04. The maximum absolute atomic E-state index is 11.9. The molecule has 0 saturated heterocycles. The van der Waals surface area contributed by atoms with Gasteiger partial charge in [0, 0.05) is 5.02 Å². The minimum Gasteiger partial charge on any atom is -0.461 e. The number of ether oxygens (including phenoxy) is 1. The van der Waals surface area contributed by atoms with Crippen molar-refractivity contribution in [3.05, 3.63) is 46.2 Å². The van der Waals surface area contributed by atoms with Crippen molar-refractivity contribution < 1.29 is 9.53 Å². The zero-order chi connectivity index (χ0) is 15.4. The van der Waals surface area contributed by atoms with Gasteiger partial charge in [-0.15, -0.1) is 5.10 Å². The van der Waals surface area contributed by atoms with Gasteiger partial charge in [0.1, 0.15) is 0 Å². The summed E-state index contributed by atoms with van der Waals surface area (Å²) in [4.78, 5) is 11.9. The Morgan fingerprint density at radius 2 is 2.00 bits per heavy atom.